The van der Waals surface area contributed by atoms with Crippen molar-refractivity contribution in [3.05, 3.63) is 59.7 Å². The Balaban J connectivity index is 1.40. The molecule has 0 aromatic heterocycles. The normalized spacial score (nSPS) is 18.4. The first-order valence-corrected chi connectivity index (χ1v) is 12.9. The molecule has 0 spiro atoms. The van der Waals surface area contributed by atoms with E-state index in [1.165, 1.54) is 0 Å². The Kier molecular flexibility index (Phi) is 5.58. The molecule has 0 saturated carbocycles. The molecule has 11 heteroatoms. The molecule has 2 heterocycles. The molecule has 164 valence electrons. The molecule has 2 aliphatic heterocycles. The highest BCUT2D eigenvalue weighted by molar-refractivity contribution is 7.90. The second kappa shape index (κ2) is 8.06. The number of nitrogens with two attached hydrogens (primary N) is 1. The number of nitrogens with one attached hydrogen (secondary N) is 1. The smallest absolute Gasteiger partial charge is 0.285 e. The van der Waals surface area contributed by atoms with Gasteiger partial charge in [-0.3, -0.25) is 4.79 Å². The lowest BCUT2D eigenvalue weighted by Gasteiger charge is -2.32. The van der Waals surface area contributed by atoms with Crippen LogP contribution in [0.5, 0.6) is 0 Å². The van der Waals surface area contributed by atoms with Crippen LogP contribution in [0.4, 0.5) is 5.69 Å². The van der Waals surface area contributed by atoms with Crippen LogP contribution >= 0.6 is 0 Å². The average Bonchev–Trinajstić information content (AvgIpc) is 2.98. The molecule has 2 aromatic rings. The summed E-state index contributed by atoms with van der Waals surface area (Å²) in [4.78, 5) is 14.8. The lowest BCUT2D eigenvalue weighted by molar-refractivity contribution is -0.120. The molecule has 31 heavy (non-hydrogen) atoms. The summed E-state index contributed by atoms with van der Waals surface area (Å²) in [5.41, 5.74) is 1.60. The number of likely N-dealkylation sites (tertiary alicyclic amines) is 1. The lowest BCUT2D eigenvalue weighted by Crippen LogP contribution is -2.41. The highest BCUT2D eigenvalue weighted by Crippen LogP contribution is 2.30. The summed E-state index contributed by atoms with van der Waals surface area (Å²) in [6.07, 6.45) is 1.09. The molecule has 2 aliphatic rings. The molecule has 4 rings (SSSR count). The van der Waals surface area contributed by atoms with Crippen LogP contribution in [0.1, 0.15) is 24.0 Å². The molecule has 3 N–H and O–H groups in total. The third-order valence-corrected chi connectivity index (χ3v) is 7.40. The fraction of sp³-hybridized carbons (Fsp3) is 0.300. The van der Waals surface area contributed by atoms with Gasteiger partial charge in [-0.25, -0.2) is 13.6 Å². The zero-order valence-electron chi connectivity index (χ0n) is 16.6. The minimum atomic E-state index is -3.68. The molecular formula is C20H22N4O5S2. The van der Waals surface area contributed by atoms with E-state index >= 15 is 0 Å². The Morgan fingerprint density at radius 3 is 2.55 bits per heavy atom. The van der Waals surface area contributed by atoms with Crippen LogP contribution in [-0.2, 0) is 30.6 Å². The Morgan fingerprint density at radius 1 is 1.13 bits per heavy atom. The molecule has 0 aliphatic carbocycles. The predicted octanol–water partition coefficient (Wildman–Crippen LogP) is 1.27. The van der Waals surface area contributed by atoms with E-state index < -0.39 is 20.0 Å². The van der Waals surface area contributed by atoms with E-state index in [1.807, 2.05) is 4.90 Å². The van der Waals surface area contributed by atoms with Gasteiger partial charge >= 0.3 is 0 Å². The van der Waals surface area contributed by atoms with Gasteiger partial charge in [0.05, 0.1) is 5.75 Å². The summed E-state index contributed by atoms with van der Waals surface area (Å²) in [6.45, 7) is 1.01. The van der Waals surface area contributed by atoms with E-state index in [2.05, 4.69) is 9.71 Å². The SMILES string of the molecule is NS(=O)(=O)Cc1cccc(NC(=O)C2CCN(C3=NS(=O)(=O)c4ccccc43)CC2)c1. The number of benzene rings is 2. The second-order valence-corrected chi connectivity index (χ2v) is 10.8. The van der Waals surface area contributed by atoms with Gasteiger partial charge in [0.2, 0.25) is 15.9 Å². The Bertz CT molecular complexity index is 1260. The van der Waals surface area contributed by atoms with Crippen LogP contribution in [0.2, 0.25) is 0 Å². The minimum Gasteiger partial charge on any atom is -0.355 e. The van der Waals surface area contributed by atoms with Crippen molar-refractivity contribution in [3.63, 3.8) is 0 Å². The van der Waals surface area contributed by atoms with E-state index in [4.69, 9.17) is 5.14 Å². The van der Waals surface area contributed by atoms with E-state index in [-0.39, 0.29) is 22.5 Å². The van der Waals surface area contributed by atoms with E-state index in [9.17, 15) is 21.6 Å². The summed E-state index contributed by atoms with van der Waals surface area (Å²) < 4.78 is 51.0. The number of primary sulfonamides is 1. The highest BCUT2D eigenvalue weighted by Gasteiger charge is 2.34. The number of fused-ring (bicyclic) bond motifs is 1. The fourth-order valence-corrected chi connectivity index (χ4v) is 5.76. The first-order valence-electron chi connectivity index (χ1n) is 9.72. The average molecular weight is 463 g/mol. The maximum atomic E-state index is 12.7. The third-order valence-electron chi connectivity index (χ3n) is 5.34. The standard InChI is InChI=1S/C20H22N4O5S2/c21-30(26,27)13-14-4-3-5-16(12-14)22-20(25)15-8-10-24(11-9-15)19-17-6-1-2-7-18(17)31(28,29)23-19/h1-7,12,15H,8-11,13H2,(H,22,25)(H2,21,26,27). The Labute approximate surface area is 181 Å². The zero-order chi connectivity index (χ0) is 22.2. The third kappa shape index (κ3) is 4.78. The zero-order valence-corrected chi connectivity index (χ0v) is 18.2. The largest absolute Gasteiger partial charge is 0.355 e. The predicted molar refractivity (Wildman–Crippen MR) is 116 cm³/mol. The van der Waals surface area contributed by atoms with Gasteiger partial charge in [0.25, 0.3) is 10.0 Å². The molecule has 1 amide bonds. The van der Waals surface area contributed by atoms with Gasteiger partial charge in [0, 0.05) is 30.3 Å². The van der Waals surface area contributed by atoms with E-state index in [0.29, 0.717) is 48.6 Å². The van der Waals surface area contributed by atoms with Crippen molar-refractivity contribution in [2.45, 2.75) is 23.5 Å². The first-order chi connectivity index (χ1) is 14.6. The number of amides is 1. The van der Waals surface area contributed by atoms with Gasteiger partial charge < -0.3 is 10.2 Å². The van der Waals surface area contributed by atoms with Crippen LogP contribution in [0.3, 0.4) is 0 Å². The van der Waals surface area contributed by atoms with Crippen LogP contribution < -0.4 is 10.5 Å². The van der Waals surface area contributed by atoms with E-state index in [1.54, 1.807) is 48.5 Å². The van der Waals surface area contributed by atoms with Crippen molar-refractivity contribution in [3.8, 4) is 0 Å². The molecule has 1 saturated heterocycles. The number of rotatable bonds is 4. The van der Waals surface area contributed by atoms with Gasteiger partial charge in [0.15, 0.2) is 5.84 Å². The van der Waals surface area contributed by atoms with Crippen molar-refractivity contribution < 1.29 is 21.6 Å². The minimum absolute atomic E-state index is 0.159. The first kappa shape index (κ1) is 21.5. The lowest BCUT2D eigenvalue weighted by atomic mass is 9.95. The Hall–Kier alpha value is -2.76. The number of sulfonamides is 2. The highest BCUT2D eigenvalue weighted by atomic mass is 32.2. The molecule has 0 radical (unpaired) electrons. The summed E-state index contributed by atoms with van der Waals surface area (Å²) in [6, 6.07) is 13.3. The number of piperidine rings is 1. The number of nitrogens with zero attached hydrogens (tertiary/aromatic N) is 2. The number of hydrogen-bond acceptors (Lipinski definition) is 6. The van der Waals surface area contributed by atoms with Gasteiger partial charge in [0.1, 0.15) is 4.90 Å². The van der Waals surface area contributed by atoms with Crippen LogP contribution in [-0.4, -0.2) is 46.6 Å². The summed E-state index contributed by atoms with van der Waals surface area (Å²) >= 11 is 0. The van der Waals surface area contributed by atoms with Crippen LogP contribution in [0, 0.1) is 5.92 Å². The number of carbonyl (C=O) groups excluding carboxylic acids is 1. The summed E-state index contributed by atoms with van der Waals surface area (Å²) in [5, 5.41) is 7.91. The molecule has 0 bridgehead atoms. The van der Waals surface area contributed by atoms with Gasteiger partial charge in [-0.05, 0) is 42.7 Å². The molecule has 1 fully saturated rings. The topological polar surface area (TPSA) is 139 Å². The van der Waals surface area contributed by atoms with Crippen molar-refractivity contribution in [2.24, 2.45) is 15.5 Å². The molecule has 9 nitrogen and oxygen atoms in total. The summed E-state index contributed by atoms with van der Waals surface area (Å²) in [7, 11) is -7.34. The van der Waals surface area contributed by atoms with Crippen LogP contribution in [0.15, 0.2) is 57.8 Å². The number of hydrogen-bond donors (Lipinski definition) is 2. The number of carbonyl (C=O) groups is 1. The van der Waals surface area contributed by atoms with Gasteiger partial charge in [-0.1, -0.05) is 24.3 Å². The van der Waals surface area contributed by atoms with Crippen LogP contribution in [0.25, 0.3) is 0 Å². The monoisotopic (exact) mass is 462 g/mol. The van der Waals surface area contributed by atoms with Gasteiger partial charge in [-0.2, -0.15) is 8.42 Å². The summed E-state index contributed by atoms with van der Waals surface area (Å²) in [5.74, 6) is -0.271. The van der Waals surface area contributed by atoms with E-state index in [0.717, 1.165) is 0 Å². The van der Waals surface area contributed by atoms with Crippen molar-refractivity contribution >= 4 is 37.5 Å². The second-order valence-electron chi connectivity index (χ2n) is 7.64. The molecule has 0 atom stereocenters. The number of anilines is 1. The molecule has 2 aromatic carbocycles. The molecular weight excluding hydrogens is 440 g/mol. The quantitative estimate of drug-likeness (QED) is 0.702. The van der Waals surface area contributed by atoms with Crippen molar-refractivity contribution in [1.29, 1.82) is 0 Å². The van der Waals surface area contributed by atoms with Crippen molar-refractivity contribution in [2.75, 3.05) is 18.4 Å². The Morgan fingerprint density at radius 2 is 1.84 bits per heavy atom. The van der Waals surface area contributed by atoms with Crippen molar-refractivity contribution in [1.82, 2.24) is 4.90 Å². The van der Waals surface area contributed by atoms with Gasteiger partial charge in [-0.15, -0.1) is 4.40 Å². The maximum absolute atomic E-state index is 12.7. The fourth-order valence-electron chi connectivity index (χ4n) is 3.89. The molecule has 0 unspecified atom stereocenters. The number of amidine groups is 1. The maximum Gasteiger partial charge on any atom is 0.285 e.